The molecule has 1 N–H and O–H groups in total. The molecule has 0 spiro atoms. The molecule has 0 aromatic carbocycles. The smallest absolute Gasteiger partial charge is 0.165 e. The molecule has 62 valence electrons. The fraction of sp³-hybridized carbons (Fsp3) is 0.250. The predicted molar refractivity (Wildman–Crippen MR) is 46.1 cm³/mol. The highest BCUT2D eigenvalue weighted by molar-refractivity contribution is 5.70. The number of aliphatic imine (C=N–C) groups is 1. The van der Waals surface area contributed by atoms with Gasteiger partial charge in [0.15, 0.2) is 6.23 Å². The summed E-state index contributed by atoms with van der Waals surface area (Å²) in [5.41, 5.74) is 0. The standard InChI is InChI=1S/C8H9N3O/c12-8-5-9-6-11(8)7-3-1-2-4-10-7/h1-5,8,12H,6H2. The molecule has 4 heteroatoms. The molecule has 0 fully saturated rings. The Balaban J connectivity index is 2.22. The lowest BCUT2D eigenvalue weighted by molar-refractivity contribution is 0.248. The third kappa shape index (κ3) is 1.16. The van der Waals surface area contributed by atoms with Gasteiger partial charge in [-0.3, -0.25) is 4.99 Å². The minimum absolute atomic E-state index is 0.484. The Morgan fingerprint density at radius 1 is 1.50 bits per heavy atom. The quantitative estimate of drug-likeness (QED) is 0.645. The third-order valence-electron chi connectivity index (χ3n) is 1.74. The van der Waals surface area contributed by atoms with Crippen LogP contribution in [0.5, 0.6) is 0 Å². The van der Waals surface area contributed by atoms with Gasteiger partial charge in [0.05, 0.1) is 6.21 Å². The highest BCUT2D eigenvalue weighted by Crippen LogP contribution is 2.13. The van der Waals surface area contributed by atoms with Crippen LogP contribution in [-0.4, -0.2) is 29.2 Å². The van der Waals surface area contributed by atoms with Crippen molar-refractivity contribution >= 4 is 12.0 Å². The molecular formula is C8H9N3O. The first-order valence-electron chi connectivity index (χ1n) is 3.73. The summed E-state index contributed by atoms with van der Waals surface area (Å²) in [6.45, 7) is 0.484. The molecule has 0 bridgehead atoms. The van der Waals surface area contributed by atoms with E-state index in [0.29, 0.717) is 6.67 Å². The maximum absolute atomic E-state index is 9.38. The summed E-state index contributed by atoms with van der Waals surface area (Å²) in [5.74, 6) is 0.752. The van der Waals surface area contributed by atoms with Gasteiger partial charge in [-0.25, -0.2) is 4.98 Å². The molecule has 1 aromatic rings. The minimum Gasteiger partial charge on any atom is -0.368 e. The van der Waals surface area contributed by atoms with Crippen molar-refractivity contribution in [1.82, 2.24) is 4.98 Å². The van der Waals surface area contributed by atoms with Gasteiger partial charge in [-0.15, -0.1) is 0 Å². The number of anilines is 1. The summed E-state index contributed by atoms with van der Waals surface area (Å²) < 4.78 is 0. The van der Waals surface area contributed by atoms with E-state index < -0.39 is 6.23 Å². The molecule has 1 aliphatic rings. The van der Waals surface area contributed by atoms with E-state index >= 15 is 0 Å². The lowest BCUT2D eigenvalue weighted by atomic mass is 10.4. The monoisotopic (exact) mass is 163 g/mol. The molecule has 1 aliphatic heterocycles. The van der Waals surface area contributed by atoms with Crippen LogP contribution in [0.15, 0.2) is 29.4 Å². The molecule has 4 nitrogen and oxygen atoms in total. The van der Waals surface area contributed by atoms with E-state index in [0.717, 1.165) is 5.82 Å². The van der Waals surface area contributed by atoms with E-state index in [-0.39, 0.29) is 0 Å². The maximum Gasteiger partial charge on any atom is 0.165 e. The first-order chi connectivity index (χ1) is 5.88. The fourth-order valence-electron chi connectivity index (χ4n) is 1.13. The van der Waals surface area contributed by atoms with Crippen LogP contribution in [0.1, 0.15) is 0 Å². The lowest BCUT2D eigenvalue weighted by Gasteiger charge is -2.18. The Kier molecular flexibility index (Phi) is 1.75. The number of hydrogen-bond acceptors (Lipinski definition) is 4. The predicted octanol–water partition coefficient (Wildman–Crippen LogP) is 0.248. The van der Waals surface area contributed by atoms with Gasteiger partial charge in [-0.05, 0) is 12.1 Å². The van der Waals surface area contributed by atoms with Crippen molar-refractivity contribution in [1.29, 1.82) is 0 Å². The molecular weight excluding hydrogens is 154 g/mol. The summed E-state index contributed by atoms with van der Waals surface area (Å²) in [7, 11) is 0. The first kappa shape index (κ1) is 7.24. The van der Waals surface area contributed by atoms with Crippen LogP contribution >= 0.6 is 0 Å². The third-order valence-corrected chi connectivity index (χ3v) is 1.74. The zero-order valence-corrected chi connectivity index (χ0v) is 6.46. The Labute approximate surface area is 70.2 Å². The average Bonchev–Trinajstić information content (AvgIpc) is 2.53. The summed E-state index contributed by atoms with van der Waals surface area (Å²) in [4.78, 5) is 9.74. The van der Waals surface area contributed by atoms with Crippen molar-refractivity contribution in [3.63, 3.8) is 0 Å². The fourth-order valence-corrected chi connectivity index (χ4v) is 1.13. The molecule has 12 heavy (non-hydrogen) atoms. The SMILES string of the molecule is OC1C=NCN1c1ccccn1. The van der Waals surface area contributed by atoms with E-state index in [1.54, 1.807) is 11.1 Å². The van der Waals surface area contributed by atoms with Crippen LogP contribution < -0.4 is 4.90 Å². The number of aliphatic hydroxyl groups excluding tert-OH is 1. The molecule has 0 aliphatic carbocycles. The van der Waals surface area contributed by atoms with Gasteiger partial charge in [0.1, 0.15) is 12.5 Å². The van der Waals surface area contributed by atoms with Crippen LogP contribution in [0.4, 0.5) is 5.82 Å². The Bertz CT molecular complexity index is 286. The number of aromatic nitrogens is 1. The van der Waals surface area contributed by atoms with Crippen LogP contribution in [0, 0.1) is 0 Å². The van der Waals surface area contributed by atoms with E-state index in [2.05, 4.69) is 9.98 Å². The number of nitrogens with zero attached hydrogens (tertiary/aromatic N) is 3. The normalized spacial score (nSPS) is 21.8. The van der Waals surface area contributed by atoms with E-state index in [9.17, 15) is 5.11 Å². The van der Waals surface area contributed by atoms with E-state index in [4.69, 9.17) is 0 Å². The molecule has 0 saturated carbocycles. The second-order valence-electron chi connectivity index (χ2n) is 2.54. The van der Waals surface area contributed by atoms with Crippen molar-refractivity contribution < 1.29 is 5.11 Å². The van der Waals surface area contributed by atoms with Gasteiger partial charge in [-0.1, -0.05) is 6.07 Å². The second-order valence-corrected chi connectivity index (χ2v) is 2.54. The second kappa shape index (κ2) is 2.91. The molecule has 1 aromatic heterocycles. The molecule has 2 heterocycles. The largest absolute Gasteiger partial charge is 0.368 e. The Morgan fingerprint density at radius 3 is 3.00 bits per heavy atom. The Morgan fingerprint density at radius 2 is 2.42 bits per heavy atom. The van der Waals surface area contributed by atoms with Crippen LogP contribution in [0.25, 0.3) is 0 Å². The summed E-state index contributed by atoms with van der Waals surface area (Å²) in [6.07, 6.45) is 2.58. The number of pyridine rings is 1. The summed E-state index contributed by atoms with van der Waals surface area (Å²) >= 11 is 0. The van der Waals surface area contributed by atoms with Crippen molar-refractivity contribution in [3.05, 3.63) is 24.4 Å². The molecule has 1 atom stereocenters. The van der Waals surface area contributed by atoms with E-state index in [1.807, 2.05) is 18.2 Å². The van der Waals surface area contributed by atoms with Crippen LogP contribution in [-0.2, 0) is 0 Å². The molecule has 2 rings (SSSR count). The van der Waals surface area contributed by atoms with Crippen molar-refractivity contribution in [2.24, 2.45) is 4.99 Å². The van der Waals surface area contributed by atoms with Gasteiger partial charge < -0.3 is 10.0 Å². The van der Waals surface area contributed by atoms with Crippen molar-refractivity contribution in [2.45, 2.75) is 6.23 Å². The first-order valence-corrected chi connectivity index (χ1v) is 3.73. The maximum atomic E-state index is 9.38. The highest BCUT2D eigenvalue weighted by Gasteiger charge is 2.18. The Hall–Kier alpha value is -1.42. The van der Waals surface area contributed by atoms with E-state index in [1.165, 1.54) is 6.21 Å². The van der Waals surface area contributed by atoms with Crippen molar-refractivity contribution in [2.75, 3.05) is 11.6 Å². The molecule has 0 saturated heterocycles. The van der Waals surface area contributed by atoms with Gasteiger partial charge >= 0.3 is 0 Å². The molecule has 0 radical (unpaired) electrons. The zero-order chi connectivity index (χ0) is 8.39. The molecule has 0 amide bonds. The number of hydrogen-bond donors (Lipinski definition) is 1. The average molecular weight is 163 g/mol. The van der Waals surface area contributed by atoms with Gasteiger partial charge in [0, 0.05) is 6.20 Å². The number of rotatable bonds is 1. The topological polar surface area (TPSA) is 48.7 Å². The van der Waals surface area contributed by atoms with Gasteiger partial charge in [0.2, 0.25) is 0 Å². The van der Waals surface area contributed by atoms with Gasteiger partial charge in [-0.2, -0.15) is 0 Å². The summed E-state index contributed by atoms with van der Waals surface area (Å²) in [6, 6.07) is 5.57. The van der Waals surface area contributed by atoms with Crippen LogP contribution in [0.3, 0.4) is 0 Å². The van der Waals surface area contributed by atoms with Crippen LogP contribution in [0.2, 0.25) is 0 Å². The van der Waals surface area contributed by atoms with Gasteiger partial charge in [0.25, 0.3) is 0 Å². The molecule has 1 unspecified atom stereocenters. The zero-order valence-electron chi connectivity index (χ0n) is 6.46. The highest BCUT2D eigenvalue weighted by atomic mass is 16.3. The number of aliphatic hydroxyl groups is 1. The lowest BCUT2D eigenvalue weighted by Crippen LogP contribution is -2.31. The minimum atomic E-state index is -0.625. The van der Waals surface area contributed by atoms with Crippen molar-refractivity contribution in [3.8, 4) is 0 Å². The summed E-state index contributed by atoms with van der Waals surface area (Å²) in [5, 5.41) is 9.38.